The molecule has 2 atom stereocenters. The number of carbonyl (C=O) groups is 3. The van der Waals surface area contributed by atoms with Crippen molar-refractivity contribution in [3.8, 4) is 5.75 Å². The van der Waals surface area contributed by atoms with Gasteiger partial charge in [0.05, 0.1) is 18.2 Å². The molecule has 1 amide bonds. The molecule has 0 aromatic heterocycles. The lowest BCUT2D eigenvalue weighted by Gasteiger charge is -2.28. The zero-order valence-electron chi connectivity index (χ0n) is 13.9. The molecule has 1 saturated heterocycles. The van der Waals surface area contributed by atoms with Gasteiger partial charge in [-0.2, -0.15) is 0 Å². The summed E-state index contributed by atoms with van der Waals surface area (Å²) >= 11 is 0. The minimum Gasteiger partial charge on any atom is -0.493 e. The molecule has 2 aromatic carbocycles. The van der Waals surface area contributed by atoms with E-state index in [1.807, 2.05) is 37.3 Å². The molecule has 0 saturated carbocycles. The van der Waals surface area contributed by atoms with Gasteiger partial charge in [0.25, 0.3) is 0 Å². The fourth-order valence-corrected chi connectivity index (χ4v) is 3.03. The van der Waals surface area contributed by atoms with Gasteiger partial charge in [-0.05, 0) is 24.6 Å². The van der Waals surface area contributed by atoms with E-state index in [9.17, 15) is 14.4 Å². The van der Waals surface area contributed by atoms with E-state index in [1.165, 1.54) is 0 Å². The molecular weight excluding hydrogens is 318 g/mol. The number of para-hydroxylation sites is 1. The minimum absolute atomic E-state index is 0.100. The first-order valence-corrected chi connectivity index (χ1v) is 8.26. The summed E-state index contributed by atoms with van der Waals surface area (Å²) in [4.78, 5) is 37.8. The van der Waals surface area contributed by atoms with E-state index in [0.717, 1.165) is 5.56 Å². The van der Waals surface area contributed by atoms with Crippen LogP contribution in [0.1, 0.15) is 35.3 Å². The highest BCUT2D eigenvalue weighted by Crippen LogP contribution is 2.28. The van der Waals surface area contributed by atoms with Crippen molar-refractivity contribution in [2.75, 3.05) is 6.61 Å². The summed E-state index contributed by atoms with van der Waals surface area (Å²) in [6.07, 6.45) is 0.100. The molecule has 2 unspecified atom stereocenters. The van der Waals surface area contributed by atoms with Crippen LogP contribution in [0.3, 0.4) is 0 Å². The summed E-state index contributed by atoms with van der Waals surface area (Å²) in [6, 6.07) is 15.5. The highest BCUT2D eigenvalue weighted by Gasteiger charge is 2.41. The second-order valence-corrected chi connectivity index (χ2v) is 5.87. The molecule has 1 heterocycles. The lowest BCUT2D eigenvalue weighted by molar-refractivity contribution is -0.136. The first-order valence-electron chi connectivity index (χ1n) is 8.26. The van der Waals surface area contributed by atoms with Crippen LogP contribution in [-0.2, 0) is 9.59 Å². The van der Waals surface area contributed by atoms with Gasteiger partial charge in [0.2, 0.25) is 5.91 Å². The van der Waals surface area contributed by atoms with Gasteiger partial charge in [0, 0.05) is 6.42 Å². The Hall–Kier alpha value is -2.95. The quantitative estimate of drug-likeness (QED) is 0.672. The maximum atomic E-state index is 12.8. The Labute approximate surface area is 146 Å². The van der Waals surface area contributed by atoms with E-state index in [4.69, 9.17) is 4.74 Å². The van der Waals surface area contributed by atoms with E-state index in [1.54, 1.807) is 24.3 Å². The lowest BCUT2D eigenvalue weighted by atomic mass is 9.84. The molecule has 0 spiro atoms. The lowest BCUT2D eigenvalue weighted by Crippen LogP contribution is -2.48. The van der Waals surface area contributed by atoms with E-state index in [2.05, 4.69) is 5.32 Å². The summed E-state index contributed by atoms with van der Waals surface area (Å²) in [6.45, 7) is 2.20. The third kappa shape index (κ3) is 3.45. The zero-order valence-corrected chi connectivity index (χ0v) is 13.9. The topological polar surface area (TPSA) is 72.5 Å². The fraction of sp³-hybridized carbons (Fsp3) is 0.250. The van der Waals surface area contributed by atoms with Crippen molar-refractivity contribution in [3.05, 3.63) is 65.7 Å². The van der Waals surface area contributed by atoms with Crippen LogP contribution in [0.5, 0.6) is 5.75 Å². The number of carbonyl (C=O) groups excluding carboxylic acids is 3. The number of benzene rings is 2. The molecule has 1 fully saturated rings. The molecule has 1 N–H and O–H groups in total. The third-order valence-corrected chi connectivity index (χ3v) is 4.22. The minimum atomic E-state index is -1.32. The summed E-state index contributed by atoms with van der Waals surface area (Å²) in [5.41, 5.74) is 1.11. The smallest absolute Gasteiger partial charge is 0.239 e. The van der Waals surface area contributed by atoms with Gasteiger partial charge in [-0.1, -0.05) is 42.5 Å². The van der Waals surface area contributed by atoms with Crippen LogP contribution >= 0.6 is 0 Å². The maximum Gasteiger partial charge on any atom is 0.239 e. The summed E-state index contributed by atoms with van der Waals surface area (Å²) < 4.78 is 5.45. The van der Waals surface area contributed by atoms with Crippen LogP contribution in [-0.4, -0.2) is 24.1 Å². The van der Waals surface area contributed by atoms with Gasteiger partial charge in [0.15, 0.2) is 17.5 Å². The molecule has 1 aliphatic heterocycles. The standard InChI is InChI=1S/C20H19NO4/c1-2-25-17-11-7-6-10-14(17)19(23)18-16(22)12-15(21-20(18)24)13-8-4-3-5-9-13/h3-11,15,18H,2,12H2,1H3,(H,21,24). The summed E-state index contributed by atoms with van der Waals surface area (Å²) in [5.74, 6) is -2.37. The Kier molecular flexibility index (Phi) is 4.93. The molecule has 5 heteroatoms. The molecule has 5 nitrogen and oxygen atoms in total. The molecule has 25 heavy (non-hydrogen) atoms. The highest BCUT2D eigenvalue weighted by atomic mass is 16.5. The predicted octanol–water partition coefficient (Wildman–Crippen LogP) is 2.71. The number of ether oxygens (including phenoxy) is 1. The Morgan fingerprint density at radius 1 is 1.08 bits per heavy atom. The number of piperidine rings is 1. The van der Waals surface area contributed by atoms with Gasteiger partial charge >= 0.3 is 0 Å². The molecule has 0 aliphatic carbocycles. The number of nitrogens with one attached hydrogen (secondary N) is 1. The normalized spacial score (nSPS) is 20.0. The zero-order chi connectivity index (χ0) is 17.8. The second kappa shape index (κ2) is 7.30. The van der Waals surface area contributed by atoms with Gasteiger partial charge in [-0.15, -0.1) is 0 Å². The Morgan fingerprint density at radius 3 is 2.44 bits per heavy atom. The van der Waals surface area contributed by atoms with E-state index < -0.39 is 23.7 Å². The third-order valence-electron chi connectivity index (χ3n) is 4.22. The number of hydrogen-bond donors (Lipinski definition) is 1. The van der Waals surface area contributed by atoms with Crippen LogP contribution in [0.2, 0.25) is 0 Å². The molecule has 3 rings (SSSR count). The fourth-order valence-electron chi connectivity index (χ4n) is 3.03. The molecule has 2 aromatic rings. The molecule has 0 radical (unpaired) electrons. The summed E-state index contributed by atoms with van der Waals surface area (Å²) in [7, 11) is 0. The number of Topliss-reactive ketones (excluding diaryl/α,β-unsaturated/α-hetero) is 2. The van der Waals surface area contributed by atoms with Gasteiger partial charge in [-0.25, -0.2) is 0 Å². The number of ketones is 2. The van der Waals surface area contributed by atoms with Crippen LogP contribution in [0.15, 0.2) is 54.6 Å². The van der Waals surface area contributed by atoms with Crippen LogP contribution in [0.4, 0.5) is 0 Å². The van der Waals surface area contributed by atoms with Gasteiger partial charge in [-0.3, -0.25) is 14.4 Å². The molecule has 0 bridgehead atoms. The van der Waals surface area contributed by atoms with Crippen LogP contribution in [0.25, 0.3) is 0 Å². The monoisotopic (exact) mass is 337 g/mol. The number of rotatable bonds is 5. The van der Waals surface area contributed by atoms with E-state index >= 15 is 0 Å². The van der Waals surface area contributed by atoms with Crippen molar-refractivity contribution < 1.29 is 19.1 Å². The van der Waals surface area contributed by atoms with Crippen molar-refractivity contribution >= 4 is 17.5 Å². The first-order chi connectivity index (χ1) is 12.1. The van der Waals surface area contributed by atoms with Gasteiger partial charge in [0.1, 0.15) is 5.75 Å². The molecule has 1 aliphatic rings. The highest BCUT2D eigenvalue weighted by molar-refractivity contribution is 6.25. The Morgan fingerprint density at radius 2 is 1.76 bits per heavy atom. The molecular formula is C20H19NO4. The SMILES string of the molecule is CCOc1ccccc1C(=O)C1C(=O)CC(c2ccccc2)NC1=O. The summed E-state index contributed by atoms with van der Waals surface area (Å²) in [5, 5.41) is 2.79. The van der Waals surface area contributed by atoms with Crippen LogP contribution in [0, 0.1) is 5.92 Å². The second-order valence-electron chi connectivity index (χ2n) is 5.87. The largest absolute Gasteiger partial charge is 0.493 e. The maximum absolute atomic E-state index is 12.8. The van der Waals surface area contributed by atoms with E-state index in [0.29, 0.717) is 12.4 Å². The number of amides is 1. The predicted molar refractivity (Wildman–Crippen MR) is 92.4 cm³/mol. The molecule has 128 valence electrons. The Balaban J connectivity index is 1.83. The van der Waals surface area contributed by atoms with Crippen molar-refractivity contribution in [1.29, 1.82) is 0 Å². The average Bonchev–Trinajstić information content (AvgIpc) is 2.62. The Bertz CT molecular complexity index is 782. The van der Waals surface area contributed by atoms with Crippen molar-refractivity contribution in [2.45, 2.75) is 19.4 Å². The van der Waals surface area contributed by atoms with Crippen molar-refractivity contribution in [2.24, 2.45) is 5.92 Å². The average molecular weight is 337 g/mol. The van der Waals surface area contributed by atoms with Gasteiger partial charge < -0.3 is 10.1 Å². The first kappa shape index (κ1) is 16.9. The van der Waals surface area contributed by atoms with E-state index in [-0.39, 0.29) is 17.8 Å². The van der Waals surface area contributed by atoms with Crippen molar-refractivity contribution in [1.82, 2.24) is 5.32 Å². The van der Waals surface area contributed by atoms with Crippen LogP contribution < -0.4 is 10.1 Å². The number of hydrogen-bond acceptors (Lipinski definition) is 4. The van der Waals surface area contributed by atoms with Crippen molar-refractivity contribution in [3.63, 3.8) is 0 Å².